The van der Waals surface area contributed by atoms with Crippen LogP contribution in [0.1, 0.15) is 39.3 Å². The Morgan fingerprint density at radius 1 is 1.28 bits per heavy atom. The Morgan fingerprint density at radius 2 is 1.90 bits per heavy atom. The number of carbonyl (C=O) groups excluding carboxylic acids is 1. The number of rotatable bonds is 4. The van der Waals surface area contributed by atoms with E-state index in [0.29, 0.717) is 35.7 Å². The second-order valence-electron chi connectivity index (χ2n) is 8.05. The van der Waals surface area contributed by atoms with Gasteiger partial charge in [-0.3, -0.25) is 4.99 Å². The van der Waals surface area contributed by atoms with Crippen molar-refractivity contribution >= 4 is 59.2 Å². The van der Waals surface area contributed by atoms with Gasteiger partial charge < -0.3 is 24.8 Å². The Labute approximate surface area is 200 Å². The molecule has 29 heavy (non-hydrogen) atoms. The highest BCUT2D eigenvalue weighted by Crippen LogP contribution is 2.25. The van der Waals surface area contributed by atoms with Crippen molar-refractivity contribution in [3.05, 3.63) is 21.9 Å². The van der Waals surface area contributed by atoms with Gasteiger partial charge in [0.05, 0.1) is 11.6 Å². The van der Waals surface area contributed by atoms with E-state index in [9.17, 15) is 4.79 Å². The van der Waals surface area contributed by atoms with Crippen LogP contribution in [0.3, 0.4) is 0 Å². The number of nitrogens with zero attached hydrogens (tertiary/aromatic N) is 3. The highest BCUT2D eigenvalue weighted by atomic mass is 127. The van der Waals surface area contributed by atoms with Gasteiger partial charge in [0.2, 0.25) is 0 Å². The zero-order valence-corrected chi connectivity index (χ0v) is 21.6. The van der Waals surface area contributed by atoms with E-state index in [1.165, 1.54) is 0 Å². The molecule has 1 saturated heterocycles. The van der Waals surface area contributed by atoms with E-state index in [1.807, 2.05) is 38.5 Å². The van der Waals surface area contributed by atoms with Crippen molar-refractivity contribution in [3.8, 4) is 0 Å². The molecule has 0 aromatic carbocycles. The van der Waals surface area contributed by atoms with Crippen LogP contribution >= 0.6 is 47.2 Å². The molecule has 1 fully saturated rings. The van der Waals surface area contributed by atoms with E-state index < -0.39 is 5.60 Å². The topological polar surface area (TPSA) is 70.9 Å². The minimum Gasteiger partial charge on any atom is -0.444 e. The third kappa shape index (κ3) is 8.05. The largest absolute Gasteiger partial charge is 0.444 e. The van der Waals surface area contributed by atoms with E-state index in [-0.39, 0.29) is 30.1 Å². The molecule has 7 nitrogen and oxygen atoms in total. The second kappa shape index (κ2) is 11.5. The van der Waals surface area contributed by atoms with Crippen molar-refractivity contribution in [2.45, 2.75) is 45.8 Å². The summed E-state index contributed by atoms with van der Waals surface area (Å²) in [7, 11) is 3.62. The van der Waals surface area contributed by atoms with Gasteiger partial charge >= 0.3 is 6.09 Å². The summed E-state index contributed by atoms with van der Waals surface area (Å²) in [6, 6.07) is 1.84. The molecule has 0 unspecified atom stereocenters. The molecule has 2 N–H and O–H groups in total. The Morgan fingerprint density at radius 3 is 2.38 bits per heavy atom. The van der Waals surface area contributed by atoms with Crippen molar-refractivity contribution in [2.24, 2.45) is 18.0 Å². The maximum Gasteiger partial charge on any atom is 0.410 e. The minimum absolute atomic E-state index is 0. The summed E-state index contributed by atoms with van der Waals surface area (Å²) in [5.41, 5.74) is 0.518. The summed E-state index contributed by atoms with van der Waals surface area (Å²) in [4.78, 5) is 18.2. The molecule has 0 saturated carbocycles. The van der Waals surface area contributed by atoms with E-state index in [4.69, 9.17) is 27.9 Å². The summed E-state index contributed by atoms with van der Waals surface area (Å²) < 4.78 is 7.29. The number of amides is 1. The summed E-state index contributed by atoms with van der Waals surface area (Å²) in [5, 5.41) is 7.71. The molecule has 1 amide bonds. The molecule has 1 aliphatic heterocycles. The lowest BCUT2D eigenvalue weighted by Crippen LogP contribution is -2.45. The van der Waals surface area contributed by atoms with Gasteiger partial charge in [0.25, 0.3) is 0 Å². The first-order valence-corrected chi connectivity index (χ1v) is 10.3. The summed E-state index contributed by atoms with van der Waals surface area (Å²) in [6.07, 6.45) is 1.65. The number of hydrogen-bond acceptors (Lipinski definition) is 3. The average Bonchev–Trinajstić information content (AvgIpc) is 2.88. The summed E-state index contributed by atoms with van der Waals surface area (Å²) in [6.45, 7) is 8.46. The minimum atomic E-state index is -0.458. The van der Waals surface area contributed by atoms with Gasteiger partial charge in [0, 0.05) is 39.4 Å². The van der Waals surface area contributed by atoms with Gasteiger partial charge in [-0.05, 0) is 45.6 Å². The first-order valence-electron chi connectivity index (χ1n) is 9.52. The van der Waals surface area contributed by atoms with Crippen LogP contribution in [0.2, 0.25) is 10.2 Å². The summed E-state index contributed by atoms with van der Waals surface area (Å²) >= 11 is 12.2. The lowest BCUT2D eigenvalue weighted by atomic mass is 9.97. The van der Waals surface area contributed by atoms with Crippen molar-refractivity contribution in [1.29, 1.82) is 0 Å². The molecule has 0 bridgehead atoms. The second-order valence-corrected chi connectivity index (χ2v) is 8.82. The van der Waals surface area contributed by atoms with Crippen LogP contribution in [-0.4, -0.2) is 53.8 Å². The molecule has 0 radical (unpaired) electrons. The lowest BCUT2D eigenvalue weighted by molar-refractivity contribution is 0.0185. The number of likely N-dealkylation sites (tertiary alicyclic amines) is 1. The molecule has 2 heterocycles. The molecule has 0 aliphatic carbocycles. The van der Waals surface area contributed by atoms with E-state index in [0.717, 1.165) is 31.0 Å². The van der Waals surface area contributed by atoms with Crippen LogP contribution in [0.5, 0.6) is 0 Å². The lowest BCUT2D eigenvalue weighted by Gasteiger charge is -2.33. The number of aromatic nitrogens is 1. The first-order chi connectivity index (χ1) is 13.1. The van der Waals surface area contributed by atoms with Crippen molar-refractivity contribution in [3.63, 3.8) is 0 Å². The maximum absolute atomic E-state index is 12.1. The van der Waals surface area contributed by atoms with Crippen LogP contribution in [0.15, 0.2) is 11.1 Å². The standard InChI is InChI=1S/C19H31Cl2N5O2.HI/c1-19(2,3)28-18(27)26-8-6-13(7-9-26)11-23-17(22-4)24-12-14-10-15(20)16(21)25(14)5;/h10,13H,6-9,11-12H2,1-5H3,(H2,22,23,24);1H. The van der Waals surface area contributed by atoms with Crippen molar-refractivity contribution in [2.75, 3.05) is 26.7 Å². The van der Waals surface area contributed by atoms with E-state index >= 15 is 0 Å². The van der Waals surface area contributed by atoms with Gasteiger partial charge in [0.1, 0.15) is 10.8 Å². The van der Waals surface area contributed by atoms with Gasteiger partial charge in [-0.15, -0.1) is 24.0 Å². The highest BCUT2D eigenvalue weighted by Gasteiger charge is 2.26. The smallest absolute Gasteiger partial charge is 0.410 e. The third-order valence-corrected chi connectivity index (χ3v) is 5.54. The third-order valence-electron chi connectivity index (χ3n) is 4.70. The van der Waals surface area contributed by atoms with Gasteiger partial charge in [0.15, 0.2) is 5.96 Å². The predicted molar refractivity (Wildman–Crippen MR) is 130 cm³/mol. The average molecular weight is 560 g/mol. The van der Waals surface area contributed by atoms with Gasteiger partial charge in [-0.1, -0.05) is 23.2 Å². The molecule has 1 aliphatic rings. The molecule has 0 atom stereocenters. The number of piperidine rings is 1. The number of nitrogens with one attached hydrogen (secondary N) is 2. The molecule has 10 heteroatoms. The fourth-order valence-electron chi connectivity index (χ4n) is 3.04. The summed E-state index contributed by atoms with van der Waals surface area (Å²) in [5.74, 6) is 1.21. The normalized spacial score (nSPS) is 15.7. The number of carbonyl (C=O) groups is 1. The zero-order valence-electron chi connectivity index (χ0n) is 17.7. The monoisotopic (exact) mass is 559 g/mol. The Balaban J connectivity index is 0.00000420. The fraction of sp³-hybridized carbons (Fsp3) is 0.684. The van der Waals surface area contributed by atoms with E-state index in [1.54, 1.807) is 11.9 Å². The Hall–Kier alpha value is -0.870. The van der Waals surface area contributed by atoms with Gasteiger partial charge in [-0.2, -0.15) is 0 Å². The molecular formula is C19H32Cl2IN5O2. The van der Waals surface area contributed by atoms with Gasteiger partial charge in [-0.25, -0.2) is 4.79 Å². The zero-order chi connectivity index (χ0) is 20.9. The maximum atomic E-state index is 12.1. The van der Waals surface area contributed by atoms with Crippen LogP contribution in [-0.2, 0) is 18.3 Å². The molecule has 2 rings (SSSR count). The van der Waals surface area contributed by atoms with Crippen LogP contribution in [0, 0.1) is 5.92 Å². The molecule has 1 aromatic rings. The highest BCUT2D eigenvalue weighted by molar-refractivity contribution is 14.0. The van der Waals surface area contributed by atoms with Crippen LogP contribution < -0.4 is 10.6 Å². The van der Waals surface area contributed by atoms with E-state index in [2.05, 4.69) is 15.6 Å². The van der Waals surface area contributed by atoms with Crippen LogP contribution in [0.4, 0.5) is 4.79 Å². The SMILES string of the molecule is CN=C(NCc1cc(Cl)c(Cl)n1C)NCC1CCN(C(=O)OC(C)(C)C)CC1.I. The number of aliphatic imine (C=N–C) groups is 1. The number of guanidine groups is 1. The number of halogens is 3. The van der Waals surface area contributed by atoms with Crippen LogP contribution in [0.25, 0.3) is 0 Å². The molecule has 1 aromatic heterocycles. The Kier molecular flexibility index (Phi) is 10.4. The van der Waals surface area contributed by atoms with Crippen molar-refractivity contribution in [1.82, 2.24) is 20.1 Å². The first kappa shape index (κ1) is 26.2. The number of ether oxygens (including phenoxy) is 1. The molecule has 166 valence electrons. The van der Waals surface area contributed by atoms with Crippen molar-refractivity contribution < 1.29 is 9.53 Å². The fourth-order valence-corrected chi connectivity index (χ4v) is 3.46. The molecule has 0 spiro atoms. The Bertz CT molecular complexity index is 710. The predicted octanol–water partition coefficient (Wildman–Crippen LogP) is 4.26. The quantitative estimate of drug-likeness (QED) is 0.328. The molecular weight excluding hydrogens is 528 g/mol. The number of hydrogen-bond donors (Lipinski definition) is 2.